The summed E-state index contributed by atoms with van der Waals surface area (Å²) in [6.45, 7) is 0. The molecule has 0 amide bonds. The van der Waals surface area contributed by atoms with Crippen LogP contribution in [0.5, 0.6) is 0 Å². The Hall–Kier alpha value is -1.47. The highest BCUT2D eigenvalue weighted by Crippen LogP contribution is 2.25. The first kappa shape index (κ1) is 8.62. The van der Waals surface area contributed by atoms with Crippen LogP contribution in [0.2, 0.25) is 0 Å². The van der Waals surface area contributed by atoms with Crippen molar-refractivity contribution < 1.29 is 13.2 Å². The molecule has 1 rings (SSSR count). The average molecular weight is 182 g/mol. The molecule has 0 unspecified atom stereocenters. The van der Waals surface area contributed by atoms with Gasteiger partial charge in [0, 0.05) is 7.05 Å². The third-order valence-electron chi connectivity index (χ3n) is 1.26. The van der Waals surface area contributed by atoms with Gasteiger partial charge in [-0.2, -0.15) is 13.2 Å². The minimum atomic E-state index is -4.65. The van der Waals surface area contributed by atoms with Gasteiger partial charge >= 0.3 is 11.9 Å². The highest BCUT2D eigenvalue weighted by molar-refractivity contribution is 4.91. The molecule has 1 heterocycles. The number of halogens is 3. The number of hydrogen-bond donors (Lipinski definition) is 1. The molecule has 0 radical (unpaired) electrons. The van der Waals surface area contributed by atoms with E-state index in [2.05, 4.69) is 5.10 Å². The fraction of sp³-hybridized carbons (Fsp3) is 0.500. The molecule has 0 saturated heterocycles. The average Bonchev–Trinajstić information content (AvgIpc) is 2.15. The third kappa shape index (κ3) is 1.15. The van der Waals surface area contributed by atoms with Crippen molar-refractivity contribution in [2.75, 3.05) is 5.84 Å². The van der Waals surface area contributed by atoms with E-state index in [0.717, 1.165) is 7.05 Å². The molecule has 0 aliphatic rings. The maximum absolute atomic E-state index is 12.0. The van der Waals surface area contributed by atoms with Gasteiger partial charge in [-0.25, -0.2) is 4.79 Å². The number of aromatic nitrogens is 3. The number of rotatable bonds is 0. The Labute approximate surface area is 64.2 Å². The highest BCUT2D eigenvalue weighted by atomic mass is 19.4. The second-order valence-electron chi connectivity index (χ2n) is 2.11. The highest BCUT2D eigenvalue weighted by Gasteiger charge is 2.37. The van der Waals surface area contributed by atoms with E-state index in [4.69, 9.17) is 5.84 Å². The van der Waals surface area contributed by atoms with Crippen molar-refractivity contribution in [1.29, 1.82) is 0 Å². The zero-order valence-electron chi connectivity index (χ0n) is 5.96. The van der Waals surface area contributed by atoms with Crippen molar-refractivity contribution in [1.82, 2.24) is 14.5 Å². The monoisotopic (exact) mass is 182 g/mol. The van der Waals surface area contributed by atoms with Crippen molar-refractivity contribution in [3.05, 3.63) is 16.3 Å². The number of hydrogen-bond acceptors (Lipinski definition) is 3. The molecule has 1 aromatic rings. The first-order valence-corrected chi connectivity index (χ1v) is 2.82. The molecular formula is C4H5F3N4O. The summed E-state index contributed by atoms with van der Waals surface area (Å²) in [4.78, 5) is 10.8. The molecule has 5 nitrogen and oxygen atoms in total. The van der Waals surface area contributed by atoms with Crippen molar-refractivity contribution >= 4 is 0 Å². The molecule has 0 bridgehead atoms. The fourth-order valence-corrected chi connectivity index (χ4v) is 0.703. The second kappa shape index (κ2) is 2.26. The lowest BCUT2D eigenvalue weighted by molar-refractivity contribution is -0.147. The first-order valence-electron chi connectivity index (χ1n) is 2.82. The minimum absolute atomic E-state index is 0.142. The lowest BCUT2D eigenvalue weighted by Gasteiger charge is -2.01. The van der Waals surface area contributed by atoms with Crippen LogP contribution in [-0.2, 0) is 13.2 Å². The van der Waals surface area contributed by atoms with E-state index < -0.39 is 17.7 Å². The molecule has 0 saturated carbocycles. The summed E-state index contributed by atoms with van der Waals surface area (Å²) in [5.41, 5.74) is -1.01. The van der Waals surface area contributed by atoms with Gasteiger partial charge in [0.15, 0.2) is 0 Å². The van der Waals surface area contributed by atoms with E-state index in [0.29, 0.717) is 4.57 Å². The Morgan fingerprint density at radius 3 is 2.17 bits per heavy atom. The number of nitrogen functional groups attached to an aromatic ring is 1. The topological polar surface area (TPSA) is 65.8 Å². The summed E-state index contributed by atoms with van der Waals surface area (Å²) < 4.78 is 36.2. The number of alkyl halides is 3. The van der Waals surface area contributed by atoms with Gasteiger partial charge in [0.25, 0.3) is 0 Å². The lowest BCUT2D eigenvalue weighted by atomic mass is 10.6. The van der Waals surface area contributed by atoms with Gasteiger partial charge < -0.3 is 5.84 Å². The zero-order chi connectivity index (χ0) is 9.52. The summed E-state index contributed by atoms with van der Waals surface area (Å²) in [5.74, 6) is 3.50. The Bertz CT molecular complexity index is 348. The molecule has 0 aliphatic carbocycles. The van der Waals surface area contributed by atoms with Gasteiger partial charge in [-0.15, -0.1) is 9.89 Å². The molecular weight excluding hydrogens is 177 g/mol. The van der Waals surface area contributed by atoms with E-state index in [1.165, 1.54) is 0 Å². The third-order valence-corrected chi connectivity index (χ3v) is 1.26. The molecule has 0 aliphatic heterocycles. The van der Waals surface area contributed by atoms with E-state index in [1.807, 2.05) is 0 Å². The van der Waals surface area contributed by atoms with Gasteiger partial charge in [-0.3, -0.25) is 4.57 Å². The van der Waals surface area contributed by atoms with Crippen LogP contribution >= 0.6 is 0 Å². The lowest BCUT2D eigenvalue weighted by Crippen LogP contribution is -2.29. The Balaban J connectivity index is 3.38. The van der Waals surface area contributed by atoms with Crippen LogP contribution in [0.3, 0.4) is 0 Å². The predicted molar refractivity (Wildman–Crippen MR) is 32.6 cm³/mol. The van der Waals surface area contributed by atoms with Crippen molar-refractivity contribution in [2.45, 2.75) is 6.18 Å². The Morgan fingerprint density at radius 2 is 2.00 bits per heavy atom. The van der Waals surface area contributed by atoms with E-state index in [-0.39, 0.29) is 4.79 Å². The summed E-state index contributed by atoms with van der Waals surface area (Å²) in [6, 6.07) is 0. The molecule has 0 aromatic carbocycles. The smallest absolute Gasteiger partial charge is 0.318 e. The molecule has 8 heteroatoms. The standard InChI is InChI=1S/C4H5F3N4O/c1-10-2(4(5,6)7)9-11(8)3(10)12/h8H2,1H3. The van der Waals surface area contributed by atoms with Crippen molar-refractivity contribution in [3.8, 4) is 0 Å². The fourth-order valence-electron chi connectivity index (χ4n) is 0.703. The summed E-state index contributed by atoms with van der Waals surface area (Å²) in [6.07, 6.45) is -4.65. The van der Waals surface area contributed by atoms with Gasteiger partial charge in [-0.1, -0.05) is 0 Å². The van der Waals surface area contributed by atoms with Gasteiger partial charge in [0.2, 0.25) is 5.82 Å². The quantitative estimate of drug-likeness (QED) is 0.540. The van der Waals surface area contributed by atoms with E-state index in [1.54, 1.807) is 0 Å². The SMILES string of the molecule is Cn1c(C(F)(F)F)nn(N)c1=O. The maximum atomic E-state index is 12.0. The predicted octanol–water partition coefficient (Wildman–Crippen LogP) is -0.686. The van der Waals surface area contributed by atoms with Crippen LogP contribution in [0.25, 0.3) is 0 Å². The number of nitrogens with zero attached hydrogens (tertiary/aromatic N) is 3. The Morgan fingerprint density at radius 1 is 1.50 bits per heavy atom. The number of nitrogens with two attached hydrogens (primary N) is 1. The van der Waals surface area contributed by atoms with E-state index in [9.17, 15) is 18.0 Å². The van der Waals surface area contributed by atoms with Crippen LogP contribution in [0.4, 0.5) is 13.2 Å². The first-order chi connectivity index (χ1) is 5.34. The molecule has 0 atom stereocenters. The van der Waals surface area contributed by atoms with Crippen LogP contribution in [-0.4, -0.2) is 14.5 Å². The van der Waals surface area contributed by atoms with Gasteiger partial charge in [0.05, 0.1) is 0 Å². The zero-order valence-corrected chi connectivity index (χ0v) is 5.96. The molecule has 0 fully saturated rings. The molecule has 68 valence electrons. The van der Waals surface area contributed by atoms with E-state index >= 15 is 0 Å². The maximum Gasteiger partial charge on any atom is 0.451 e. The van der Waals surface area contributed by atoms with Crippen LogP contribution in [0.15, 0.2) is 4.79 Å². The summed E-state index contributed by atoms with van der Waals surface area (Å²) in [7, 11) is 0.946. The molecule has 1 aromatic heterocycles. The minimum Gasteiger partial charge on any atom is -0.318 e. The molecule has 0 spiro atoms. The van der Waals surface area contributed by atoms with Gasteiger partial charge in [-0.05, 0) is 0 Å². The largest absolute Gasteiger partial charge is 0.451 e. The normalized spacial score (nSPS) is 12.0. The summed E-state index contributed by atoms with van der Waals surface area (Å²) >= 11 is 0. The molecule has 12 heavy (non-hydrogen) atoms. The van der Waals surface area contributed by atoms with Crippen LogP contribution < -0.4 is 11.5 Å². The molecule has 2 N–H and O–H groups in total. The van der Waals surface area contributed by atoms with Crippen LogP contribution in [0, 0.1) is 0 Å². The van der Waals surface area contributed by atoms with Crippen LogP contribution in [0.1, 0.15) is 5.82 Å². The summed E-state index contributed by atoms with van der Waals surface area (Å²) in [5, 5.41) is 2.80. The van der Waals surface area contributed by atoms with Gasteiger partial charge in [0.1, 0.15) is 0 Å². The Kier molecular flexibility index (Phi) is 1.62. The van der Waals surface area contributed by atoms with Crippen molar-refractivity contribution in [2.24, 2.45) is 7.05 Å². The second-order valence-corrected chi connectivity index (χ2v) is 2.11. The van der Waals surface area contributed by atoms with Crippen molar-refractivity contribution in [3.63, 3.8) is 0 Å².